The molecule has 100 valence electrons. The highest BCUT2D eigenvalue weighted by atomic mass is 16.5. The fourth-order valence-corrected chi connectivity index (χ4v) is 1.89. The number of nitrogens with zero attached hydrogens (tertiary/aromatic N) is 3. The van der Waals surface area contributed by atoms with Crippen molar-refractivity contribution in [3.63, 3.8) is 0 Å². The lowest BCUT2D eigenvalue weighted by Gasteiger charge is -2.07. The van der Waals surface area contributed by atoms with Crippen molar-refractivity contribution in [2.45, 2.75) is 6.92 Å². The third-order valence-electron chi connectivity index (χ3n) is 2.77. The number of fused-ring (bicyclic) bond motifs is 1. The Balaban J connectivity index is 1.87. The first kappa shape index (κ1) is 12.3. The molecule has 0 radical (unpaired) electrons. The molecule has 20 heavy (non-hydrogen) atoms. The quantitative estimate of drug-likeness (QED) is 0.785. The third-order valence-corrected chi connectivity index (χ3v) is 2.77. The summed E-state index contributed by atoms with van der Waals surface area (Å²) in [5.41, 5.74) is 0.890. The fourth-order valence-electron chi connectivity index (χ4n) is 1.89. The number of pyridine rings is 1. The van der Waals surface area contributed by atoms with Gasteiger partial charge in [-0.3, -0.25) is 9.97 Å². The maximum absolute atomic E-state index is 5.72. The van der Waals surface area contributed by atoms with Gasteiger partial charge in [-0.05, 0) is 25.1 Å². The standard InChI is InChI=1S/C15H14N4O/c1-2-17-14-9-16-10-15(19-14)20-12-6-5-11-4-3-7-18-13(11)8-12/h3-10H,2H2,1H3,(H,17,19). The fraction of sp³-hybridized carbons (Fsp3) is 0.133. The molecule has 2 aromatic heterocycles. The van der Waals surface area contributed by atoms with Crippen LogP contribution in [0.4, 0.5) is 5.82 Å². The lowest BCUT2D eigenvalue weighted by molar-refractivity contribution is 0.461. The Bertz CT molecular complexity index is 730. The van der Waals surface area contributed by atoms with Crippen molar-refractivity contribution in [3.05, 3.63) is 48.9 Å². The van der Waals surface area contributed by atoms with Crippen molar-refractivity contribution in [1.82, 2.24) is 15.0 Å². The van der Waals surface area contributed by atoms with Crippen LogP contribution in [-0.4, -0.2) is 21.5 Å². The van der Waals surface area contributed by atoms with Crippen molar-refractivity contribution in [2.75, 3.05) is 11.9 Å². The molecule has 5 heteroatoms. The van der Waals surface area contributed by atoms with Gasteiger partial charge in [0.2, 0.25) is 5.88 Å². The van der Waals surface area contributed by atoms with Crippen LogP contribution in [-0.2, 0) is 0 Å². The monoisotopic (exact) mass is 266 g/mol. The lowest BCUT2D eigenvalue weighted by atomic mass is 10.2. The largest absolute Gasteiger partial charge is 0.437 e. The molecular weight excluding hydrogens is 252 g/mol. The van der Waals surface area contributed by atoms with Crippen molar-refractivity contribution in [1.29, 1.82) is 0 Å². The summed E-state index contributed by atoms with van der Waals surface area (Å²) in [4.78, 5) is 12.7. The Hall–Kier alpha value is -2.69. The van der Waals surface area contributed by atoms with Gasteiger partial charge in [-0.25, -0.2) is 0 Å². The summed E-state index contributed by atoms with van der Waals surface area (Å²) in [6.07, 6.45) is 5.01. The molecule has 0 aliphatic carbocycles. The molecule has 3 aromatic rings. The van der Waals surface area contributed by atoms with Crippen molar-refractivity contribution >= 4 is 16.7 Å². The van der Waals surface area contributed by atoms with E-state index >= 15 is 0 Å². The molecule has 0 bridgehead atoms. The SMILES string of the molecule is CCNc1cncc(Oc2ccc3cccnc3c2)n1. The van der Waals surface area contributed by atoms with E-state index in [1.165, 1.54) is 0 Å². The Labute approximate surface area is 116 Å². The van der Waals surface area contributed by atoms with E-state index in [4.69, 9.17) is 4.74 Å². The van der Waals surface area contributed by atoms with E-state index in [2.05, 4.69) is 20.3 Å². The van der Waals surface area contributed by atoms with Crippen LogP contribution in [0.1, 0.15) is 6.92 Å². The van der Waals surface area contributed by atoms with Gasteiger partial charge in [0.05, 0.1) is 17.9 Å². The van der Waals surface area contributed by atoms with E-state index < -0.39 is 0 Å². The molecule has 3 rings (SSSR count). The second kappa shape index (κ2) is 5.52. The average molecular weight is 266 g/mol. The first-order valence-electron chi connectivity index (χ1n) is 6.44. The van der Waals surface area contributed by atoms with Gasteiger partial charge in [0.15, 0.2) is 0 Å². The van der Waals surface area contributed by atoms with Gasteiger partial charge in [0.25, 0.3) is 0 Å². The summed E-state index contributed by atoms with van der Waals surface area (Å²) in [5, 5.41) is 4.17. The summed E-state index contributed by atoms with van der Waals surface area (Å²) in [6.45, 7) is 2.79. The molecule has 0 aliphatic rings. The highest BCUT2D eigenvalue weighted by Crippen LogP contribution is 2.23. The molecule has 0 saturated carbocycles. The minimum atomic E-state index is 0.457. The van der Waals surface area contributed by atoms with E-state index in [-0.39, 0.29) is 0 Å². The van der Waals surface area contributed by atoms with Gasteiger partial charge in [-0.1, -0.05) is 6.07 Å². The highest BCUT2D eigenvalue weighted by molar-refractivity contribution is 5.79. The zero-order chi connectivity index (χ0) is 13.8. The van der Waals surface area contributed by atoms with Gasteiger partial charge in [0.1, 0.15) is 11.6 Å². The van der Waals surface area contributed by atoms with Gasteiger partial charge < -0.3 is 10.1 Å². The van der Waals surface area contributed by atoms with E-state index in [1.54, 1.807) is 18.6 Å². The van der Waals surface area contributed by atoms with Crippen LogP contribution < -0.4 is 10.1 Å². The summed E-state index contributed by atoms with van der Waals surface area (Å²) >= 11 is 0. The molecule has 1 N–H and O–H groups in total. The third kappa shape index (κ3) is 2.66. The normalized spacial score (nSPS) is 10.4. The van der Waals surface area contributed by atoms with Crippen LogP contribution in [0, 0.1) is 0 Å². The van der Waals surface area contributed by atoms with Crippen LogP contribution >= 0.6 is 0 Å². The van der Waals surface area contributed by atoms with E-state index in [0.29, 0.717) is 17.4 Å². The predicted molar refractivity (Wildman–Crippen MR) is 78.0 cm³/mol. The molecule has 0 unspecified atom stereocenters. The summed E-state index contributed by atoms with van der Waals surface area (Å²) in [6, 6.07) is 9.67. The van der Waals surface area contributed by atoms with Gasteiger partial charge in [0, 0.05) is 24.2 Å². The molecule has 1 aromatic carbocycles. The predicted octanol–water partition coefficient (Wildman–Crippen LogP) is 3.25. The van der Waals surface area contributed by atoms with Gasteiger partial charge in [-0.2, -0.15) is 4.98 Å². The maximum atomic E-state index is 5.72. The van der Waals surface area contributed by atoms with Crippen LogP contribution in [0.15, 0.2) is 48.9 Å². The van der Waals surface area contributed by atoms with Crippen LogP contribution in [0.3, 0.4) is 0 Å². The summed E-state index contributed by atoms with van der Waals surface area (Å²) < 4.78 is 5.72. The number of hydrogen-bond acceptors (Lipinski definition) is 5. The molecule has 2 heterocycles. The Morgan fingerprint density at radius 3 is 3.05 bits per heavy atom. The van der Waals surface area contributed by atoms with Gasteiger partial charge in [-0.15, -0.1) is 0 Å². The maximum Gasteiger partial charge on any atom is 0.239 e. The highest BCUT2D eigenvalue weighted by Gasteiger charge is 2.02. The molecule has 0 saturated heterocycles. The Morgan fingerprint density at radius 2 is 2.15 bits per heavy atom. The number of ether oxygens (including phenoxy) is 1. The summed E-state index contributed by atoms with van der Waals surface area (Å²) in [7, 11) is 0. The number of benzene rings is 1. The minimum absolute atomic E-state index is 0.457. The Kier molecular flexibility index (Phi) is 3.41. The molecule has 0 spiro atoms. The van der Waals surface area contributed by atoms with Crippen LogP contribution in [0.5, 0.6) is 11.6 Å². The second-order valence-electron chi connectivity index (χ2n) is 4.23. The number of nitrogens with one attached hydrogen (secondary N) is 1. The number of rotatable bonds is 4. The first-order valence-corrected chi connectivity index (χ1v) is 6.44. The number of aromatic nitrogens is 3. The molecule has 0 aliphatic heterocycles. The lowest BCUT2D eigenvalue weighted by Crippen LogP contribution is -2.00. The molecule has 5 nitrogen and oxygen atoms in total. The number of anilines is 1. The van der Waals surface area contributed by atoms with E-state index in [1.807, 2.05) is 37.3 Å². The Morgan fingerprint density at radius 1 is 1.20 bits per heavy atom. The van der Waals surface area contributed by atoms with Crippen LogP contribution in [0.2, 0.25) is 0 Å². The zero-order valence-electron chi connectivity index (χ0n) is 11.1. The molecular formula is C15H14N4O. The topological polar surface area (TPSA) is 59.9 Å². The van der Waals surface area contributed by atoms with E-state index in [9.17, 15) is 0 Å². The first-order chi connectivity index (χ1) is 9.85. The smallest absolute Gasteiger partial charge is 0.239 e. The van der Waals surface area contributed by atoms with E-state index in [0.717, 1.165) is 17.4 Å². The summed E-state index contributed by atoms with van der Waals surface area (Å²) in [5.74, 6) is 1.85. The number of hydrogen-bond donors (Lipinski definition) is 1. The minimum Gasteiger partial charge on any atom is -0.437 e. The molecule has 0 fully saturated rings. The van der Waals surface area contributed by atoms with Crippen LogP contribution in [0.25, 0.3) is 10.9 Å². The molecule has 0 atom stereocenters. The van der Waals surface area contributed by atoms with Crippen molar-refractivity contribution < 1.29 is 4.74 Å². The average Bonchev–Trinajstić information content (AvgIpc) is 2.48. The zero-order valence-corrected chi connectivity index (χ0v) is 11.1. The van der Waals surface area contributed by atoms with Crippen molar-refractivity contribution in [3.8, 4) is 11.6 Å². The second-order valence-corrected chi connectivity index (χ2v) is 4.23. The van der Waals surface area contributed by atoms with Gasteiger partial charge >= 0.3 is 0 Å². The van der Waals surface area contributed by atoms with Crippen molar-refractivity contribution in [2.24, 2.45) is 0 Å². The molecule has 0 amide bonds.